The average molecular weight is 722 g/mol. The van der Waals surface area contributed by atoms with Crippen LogP contribution in [-0.2, 0) is 32.7 Å². The molecule has 0 saturated heterocycles. The summed E-state index contributed by atoms with van der Waals surface area (Å²) in [6.07, 6.45) is -2.79. The first kappa shape index (κ1) is 27.7. The minimum Gasteiger partial charge on any atom is -0.506 e. The van der Waals surface area contributed by atoms with E-state index in [1.54, 1.807) is 12.3 Å². The fourth-order valence-corrected chi connectivity index (χ4v) is 4.78. The first-order chi connectivity index (χ1) is 18.5. The number of aromatic nitrogens is 3. The molecule has 206 valence electrons. The number of halogens is 3. The number of hydrogen-bond donors (Lipinski definition) is 1. The second-order valence-corrected chi connectivity index (χ2v) is 10.4. The molecule has 40 heavy (non-hydrogen) atoms. The molecule has 5 nitrogen and oxygen atoms in total. The van der Waals surface area contributed by atoms with Crippen molar-refractivity contribution in [1.29, 1.82) is 0 Å². The van der Waals surface area contributed by atoms with Gasteiger partial charge in [0, 0.05) is 50.0 Å². The number of benzene rings is 3. The molecular weight excluding hydrogens is 698 g/mol. The Bertz CT molecular complexity index is 1890. The van der Waals surface area contributed by atoms with Gasteiger partial charge >= 0.3 is 6.18 Å². The number of hydrogen-bond acceptors (Lipinski definition) is 4. The fourth-order valence-electron chi connectivity index (χ4n) is 4.78. The van der Waals surface area contributed by atoms with Gasteiger partial charge in [-0.25, -0.2) is 9.97 Å². The van der Waals surface area contributed by atoms with E-state index in [4.69, 9.17) is 4.74 Å². The largest absolute Gasteiger partial charge is 0.506 e. The number of phenols is 1. The van der Waals surface area contributed by atoms with E-state index < -0.39 is 11.7 Å². The van der Waals surface area contributed by atoms with E-state index in [-0.39, 0.29) is 49.0 Å². The molecule has 3 aromatic heterocycles. The van der Waals surface area contributed by atoms with Gasteiger partial charge in [-0.1, -0.05) is 44.5 Å². The van der Waals surface area contributed by atoms with E-state index >= 15 is 0 Å². The molecule has 6 rings (SSSR count). The fraction of sp³-hybridized carbons (Fsp3) is 0.161. The van der Waals surface area contributed by atoms with Gasteiger partial charge in [0.05, 0.1) is 5.56 Å². The SMILES string of the molecule is CC(C)(C)c1ccnc(-n2c3[c-]c(Oc4ccc5c(C(F)(F)F)ccc(O)c5n4)ccc3c3ccccc32)c1.[Pt]. The molecule has 3 heterocycles. The van der Waals surface area contributed by atoms with Crippen LogP contribution in [0.2, 0.25) is 0 Å². The number of para-hydroxylation sites is 1. The summed E-state index contributed by atoms with van der Waals surface area (Å²) in [5.41, 5.74) is 1.67. The first-order valence-corrected chi connectivity index (χ1v) is 12.3. The Morgan fingerprint density at radius 2 is 1.62 bits per heavy atom. The quantitative estimate of drug-likeness (QED) is 0.187. The van der Waals surface area contributed by atoms with Crippen LogP contribution < -0.4 is 4.74 Å². The minimum atomic E-state index is -4.58. The monoisotopic (exact) mass is 721 g/mol. The van der Waals surface area contributed by atoms with Gasteiger partial charge in [-0.2, -0.15) is 19.2 Å². The predicted octanol–water partition coefficient (Wildman–Crippen LogP) is 8.34. The molecule has 6 aromatic rings. The maximum absolute atomic E-state index is 13.4. The number of pyridine rings is 2. The second-order valence-electron chi connectivity index (χ2n) is 10.4. The molecule has 3 aromatic carbocycles. The average Bonchev–Trinajstić information content (AvgIpc) is 3.21. The Morgan fingerprint density at radius 3 is 2.38 bits per heavy atom. The van der Waals surface area contributed by atoms with Crippen molar-refractivity contribution in [3.8, 4) is 23.2 Å². The number of ether oxygens (including phenoxy) is 1. The Balaban J connectivity index is 0.00000323. The normalized spacial score (nSPS) is 12.2. The van der Waals surface area contributed by atoms with Crippen LogP contribution in [0.1, 0.15) is 31.9 Å². The summed E-state index contributed by atoms with van der Waals surface area (Å²) in [7, 11) is 0. The van der Waals surface area contributed by atoms with E-state index in [1.165, 1.54) is 12.1 Å². The molecule has 0 radical (unpaired) electrons. The summed E-state index contributed by atoms with van der Waals surface area (Å²) in [6.45, 7) is 6.42. The van der Waals surface area contributed by atoms with Gasteiger partial charge in [-0.15, -0.1) is 17.5 Å². The summed E-state index contributed by atoms with van der Waals surface area (Å²) in [5.74, 6) is 0.711. The van der Waals surface area contributed by atoms with Crippen LogP contribution in [0.25, 0.3) is 38.5 Å². The molecule has 0 saturated carbocycles. The van der Waals surface area contributed by atoms with Crippen LogP contribution in [0.4, 0.5) is 13.2 Å². The van der Waals surface area contributed by atoms with Crippen LogP contribution >= 0.6 is 0 Å². The van der Waals surface area contributed by atoms with Gasteiger partial charge in [-0.05, 0) is 52.8 Å². The van der Waals surface area contributed by atoms with Gasteiger partial charge in [0.25, 0.3) is 0 Å². The van der Waals surface area contributed by atoms with Gasteiger partial charge in [0.15, 0.2) is 0 Å². The maximum Gasteiger partial charge on any atom is 0.417 e. The third kappa shape index (κ3) is 4.81. The zero-order valence-corrected chi connectivity index (χ0v) is 23.9. The Labute approximate surface area is 242 Å². The Kier molecular flexibility index (Phi) is 6.87. The molecule has 0 atom stereocenters. The Hall–Kier alpha value is -3.90. The van der Waals surface area contributed by atoms with E-state index in [2.05, 4.69) is 42.9 Å². The summed E-state index contributed by atoms with van der Waals surface area (Å²) in [6, 6.07) is 23.4. The third-order valence-corrected chi connectivity index (χ3v) is 6.73. The van der Waals surface area contributed by atoms with E-state index in [1.807, 2.05) is 41.0 Å². The van der Waals surface area contributed by atoms with Crippen molar-refractivity contribution in [1.82, 2.24) is 14.5 Å². The van der Waals surface area contributed by atoms with Crippen molar-refractivity contribution in [2.75, 3.05) is 0 Å². The minimum absolute atomic E-state index is 0. The third-order valence-electron chi connectivity index (χ3n) is 6.73. The van der Waals surface area contributed by atoms with Crippen LogP contribution in [-0.4, -0.2) is 19.6 Å². The zero-order chi connectivity index (χ0) is 27.5. The zero-order valence-electron chi connectivity index (χ0n) is 21.7. The molecule has 0 aliphatic rings. The van der Waals surface area contributed by atoms with Gasteiger partial charge < -0.3 is 14.4 Å². The van der Waals surface area contributed by atoms with Crippen molar-refractivity contribution >= 4 is 32.7 Å². The van der Waals surface area contributed by atoms with Gasteiger partial charge in [-0.3, -0.25) is 0 Å². The van der Waals surface area contributed by atoms with Gasteiger partial charge in [0.1, 0.15) is 17.1 Å². The maximum atomic E-state index is 13.4. The van der Waals surface area contributed by atoms with E-state index in [0.717, 1.165) is 45.3 Å². The molecule has 0 amide bonds. The van der Waals surface area contributed by atoms with Crippen molar-refractivity contribution in [2.45, 2.75) is 32.4 Å². The van der Waals surface area contributed by atoms with Crippen molar-refractivity contribution in [3.63, 3.8) is 0 Å². The molecule has 0 bridgehead atoms. The van der Waals surface area contributed by atoms with Crippen molar-refractivity contribution < 1.29 is 44.1 Å². The van der Waals surface area contributed by atoms with E-state index in [9.17, 15) is 18.3 Å². The van der Waals surface area contributed by atoms with Crippen molar-refractivity contribution in [3.05, 3.63) is 96.2 Å². The molecule has 0 unspecified atom stereocenters. The van der Waals surface area contributed by atoms with Crippen LogP contribution in [0.15, 0.2) is 79.0 Å². The predicted molar refractivity (Wildman–Crippen MR) is 145 cm³/mol. The number of nitrogens with zero attached hydrogens (tertiary/aromatic N) is 3. The number of fused-ring (bicyclic) bond motifs is 4. The molecule has 0 spiro atoms. The topological polar surface area (TPSA) is 60.2 Å². The molecule has 0 aliphatic carbocycles. The molecule has 1 N–H and O–H groups in total. The number of aromatic hydroxyl groups is 1. The summed E-state index contributed by atoms with van der Waals surface area (Å²) < 4.78 is 48.3. The Morgan fingerprint density at radius 1 is 0.875 bits per heavy atom. The van der Waals surface area contributed by atoms with E-state index in [0.29, 0.717) is 5.75 Å². The summed E-state index contributed by atoms with van der Waals surface area (Å²) >= 11 is 0. The first-order valence-electron chi connectivity index (χ1n) is 12.3. The molecule has 0 aliphatic heterocycles. The standard InChI is InChI=1S/C31H23F3N3O2.Pt/c1-30(2,3)18-14-15-35-27(16-18)37-24-7-5-4-6-20(24)21-9-8-19(17-25(21)37)39-28-13-10-22-23(31(32,33)34)11-12-26(38)29(22)36-28;/h4-16,38H,1-3H3;/q-1;. The molecule has 0 fully saturated rings. The smallest absolute Gasteiger partial charge is 0.417 e. The number of rotatable bonds is 3. The van der Waals surface area contributed by atoms with Gasteiger partial charge in [0.2, 0.25) is 5.88 Å². The number of alkyl halides is 3. The second kappa shape index (κ2) is 9.93. The summed E-state index contributed by atoms with van der Waals surface area (Å²) in [5, 5.41) is 12.0. The van der Waals surface area contributed by atoms with Crippen LogP contribution in [0, 0.1) is 6.07 Å². The van der Waals surface area contributed by atoms with Crippen LogP contribution in [0.3, 0.4) is 0 Å². The van der Waals surface area contributed by atoms with Crippen LogP contribution in [0.5, 0.6) is 17.4 Å². The summed E-state index contributed by atoms with van der Waals surface area (Å²) in [4.78, 5) is 8.83. The molecular formula is C31H23F3N3O2Pt-. The number of phenolic OH excluding ortho intramolecular Hbond substituents is 1. The molecule has 9 heteroatoms. The van der Waals surface area contributed by atoms with Crippen molar-refractivity contribution in [2.24, 2.45) is 0 Å².